The van der Waals surface area contributed by atoms with Gasteiger partial charge in [-0.1, -0.05) is 0 Å². The lowest BCUT2D eigenvalue weighted by Crippen LogP contribution is -2.45. The van der Waals surface area contributed by atoms with Gasteiger partial charge < -0.3 is 15.0 Å². The van der Waals surface area contributed by atoms with E-state index >= 15 is 0 Å². The third-order valence-corrected chi connectivity index (χ3v) is 7.07. The second-order valence-corrected chi connectivity index (χ2v) is 9.47. The Morgan fingerprint density at radius 3 is 2.66 bits per heavy atom. The molecule has 0 aliphatic carbocycles. The van der Waals surface area contributed by atoms with Crippen LogP contribution in [0.1, 0.15) is 33.9 Å². The van der Waals surface area contributed by atoms with Crippen LogP contribution in [0.5, 0.6) is 0 Å². The van der Waals surface area contributed by atoms with E-state index in [0.29, 0.717) is 24.5 Å². The van der Waals surface area contributed by atoms with Crippen molar-refractivity contribution < 1.29 is 9.53 Å². The predicted molar refractivity (Wildman–Crippen MR) is 114 cm³/mol. The van der Waals surface area contributed by atoms with Crippen LogP contribution in [0.2, 0.25) is 0 Å². The quantitative estimate of drug-likeness (QED) is 0.677. The fourth-order valence-electron chi connectivity index (χ4n) is 3.87. The molecule has 0 saturated carbocycles. The maximum atomic E-state index is 12.8. The lowest BCUT2D eigenvalue weighted by molar-refractivity contribution is -0.0303. The zero-order valence-electron chi connectivity index (χ0n) is 16.2. The van der Waals surface area contributed by atoms with E-state index in [-0.39, 0.29) is 18.1 Å². The van der Waals surface area contributed by atoms with Crippen molar-refractivity contribution in [1.82, 2.24) is 19.9 Å². The van der Waals surface area contributed by atoms with E-state index < -0.39 is 0 Å². The minimum Gasteiger partial charge on any atom is -0.371 e. The molecule has 9 heteroatoms. The molecule has 0 aromatic carbocycles. The van der Waals surface area contributed by atoms with E-state index in [1.807, 2.05) is 36.3 Å². The number of morpholine rings is 1. The van der Waals surface area contributed by atoms with E-state index in [1.54, 1.807) is 17.5 Å². The van der Waals surface area contributed by atoms with Crippen molar-refractivity contribution in [1.29, 1.82) is 0 Å². The summed E-state index contributed by atoms with van der Waals surface area (Å²) >= 11 is 3.17. The Morgan fingerprint density at radius 2 is 2.00 bits per heavy atom. The zero-order chi connectivity index (χ0) is 20.0. The maximum Gasteiger partial charge on any atom is 0.255 e. The first kappa shape index (κ1) is 18.7. The molecular weight excluding hydrogens is 406 g/mol. The van der Waals surface area contributed by atoms with Crippen molar-refractivity contribution in [2.24, 2.45) is 0 Å². The summed E-state index contributed by atoms with van der Waals surface area (Å²) in [4.78, 5) is 29.3. The Hall–Kier alpha value is -2.36. The number of likely N-dealkylation sites (tertiary alicyclic amines) is 1. The van der Waals surface area contributed by atoms with Gasteiger partial charge >= 0.3 is 0 Å². The van der Waals surface area contributed by atoms with Crippen molar-refractivity contribution in [3.63, 3.8) is 0 Å². The Labute approximate surface area is 176 Å². The van der Waals surface area contributed by atoms with Gasteiger partial charge in [-0.15, -0.1) is 22.7 Å². The Balaban J connectivity index is 1.26. The van der Waals surface area contributed by atoms with Crippen LogP contribution in [0, 0.1) is 13.8 Å². The SMILES string of the molecule is Cc1nc(C)c(-c2csc(Nc3ccc(C(=O)N4C[C@H]5CC[C@@H](C4)O5)cn3)n2)s1. The second-order valence-electron chi connectivity index (χ2n) is 7.41. The minimum absolute atomic E-state index is 0.0248. The summed E-state index contributed by atoms with van der Waals surface area (Å²) < 4.78 is 5.81. The van der Waals surface area contributed by atoms with Gasteiger partial charge in [0.05, 0.1) is 39.0 Å². The minimum atomic E-state index is 0.0248. The van der Waals surface area contributed by atoms with E-state index in [0.717, 1.165) is 39.2 Å². The number of amides is 1. The molecule has 150 valence electrons. The van der Waals surface area contributed by atoms with Crippen molar-refractivity contribution in [2.75, 3.05) is 18.4 Å². The van der Waals surface area contributed by atoms with E-state index in [1.165, 1.54) is 11.3 Å². The summed E-state index contributed by atoms with van der Waals surface area (Å²) in [6.07, 6.45) is 4.11. The van der Waals surface area contributed by atoms with Crippen molar-refractivity contribution in [2.45, 2.75) is 38.9 Å². The summed E-state index contributed by atoms with van der Waals surface area (Å²) in [7, 11) is 0. The second kappa shape index (κ2) is 7.47. The zero-order valence-corrected chi connectivity index (χ0v) is 17.8. The molecule has 1 N–H and O–H groups in total. The molecule has 3 aromatic rings. The molecule has 5 rings (SSSR count). The lowest BCUT2D eigenvalue weighted by Gasteiger charge is -2.32. The van der Waals surface area contributed by atoms with Gasteiger partial charge in [-0.3, -0.25) is 4.79 Å². The van der Waals surface area contributed by atoms with Gasteiger partial charge in [0.15, 0.2) is 5.13 Å². The van der Waals surface area contributed by atoms with Crippen molar-refractivity contribution in [3.8, 4) is 10.6 Å². The fourth-order valence-corrected chi connectivity index (χ4v) is 5.53. The highest BCUT2D eigenvalue weighted by atomic mass is 32.1. The number of ether oxygens (including phenoxy) is 1. The smallest absolute Gasteiger partial charge is 0.255 e. The first-order chi connectivity index (χ1) is 14.0. The summed E-state index contributed by atoms with van der Waals surface area (Å²) in [5.74, 6) is 0.693. The molecule has 2 fully saturated rings. The predicted octanol–water partition coefficient (Wildman–Crippen LogP) is 4.03. The monoisotopic (exact) mass is 427 g/mol. The highest BCUT2D eigenvalue weighted by Crippen LogP contribution is 2.33. The number of carbonyl (C=O) groups excluding carboxylic acids is 1. The van der Waals surface area contributed by atoms with Gasteiger partial charge in [0.2, 0.25) is 0 Å². The highest BCUT2D eigenvalue weighted by Gasteiger charge is 2.36. The molecule has 5 heterocycles. The molecule has 29 heavy (non-hydrogen) atoms. The van der Waals surface area contributed by atoms with Gasteiger partial charge in [0.25, 0.3) is 5.91 Å². The summed E-state index contributed by atoms with van der Waals surface area (Å²) in [6, 6.07) is 3.64. The van der Waals surface area contributed by atoms with E-state index in [9.17, 15) is 4.79 Å². The molecule has 0 unspecified atom stereocenters. The van der Waals surface area contributed by atoms with Crippen LogP contribution in [0.4, 0.5) is 10.9 Å². The number of hydrogen-bond donors (Lipinski definition) is 1. The Kier molecular flexibility index (Phi) is 4.81. The molecule has 2 atom stereocenters. The van der Waals surface area contributed by atoms with E-state index in [4.69, 9.17) is 4.74 Å². The lowest BCUT2D eigenvalue weighted by atomic mass is 10.2. The average Bonchev–Trinajstić information content (AvgIpc) is 3.40. The number of hydrogen-bond acceptors (Lipinski definition) is 8. The summed E-state index contributed by atoms with van der Waals surface area (Å²) in [6.45, 7) is 5.35. The topological polar surface area (TPSA) is 80.2 Å². The molecule has 0 spiro atoms. The molecule has 2 aliphatic rings. The number of fused-ring (bicyclic) bond motifs is 2. The van der Waals surface area contributed by atoms with Crippen LogP contribution >= 0.6 is 22.7 Å². The third-order valence-electron chi connectivity index (χ3n) is 5.22. The Morgan fingerprint density at radius 1 is 1.21 bits per heavy atom. The van der Waals surface area contributed by atoms with Gasteiger partial charge in [-0.05, 0) is 38.8 Å². The highest BCUT2D eigenvalue weighted by molar-refractivity contribution is 7.16. The molecule has 7 nitrogen and oxygen atoms in total. The number of aromatic nitrogens is 3. The molecule has 1 amide bonds. The van der Waals surface area contributed by atoms with Crippen molar-refractivity contribution >= 4 is 39.5 Å². The number of rotatable bonds is 4. The van der Waals surface area contributed by atoms with Gasteiger partial charge in [0.1, 0.15) is 5.82 Å². The molecule has 3 aromatic heterocycles. The number of aryl methyl sites for hydroxylation is 2. The maximum absolute atomic E-state index is 12.8. The first-order valence-electron chi connectivity index (χ1n) is 9.63. The first-order valence-corrected chi connectivity index (χ1v) is 11.3. The van der Waals surface area contributed by atoms with Crippen LogP contribution in [0.3, 0.4) is 0 Å². The molecule has 2 bridgehead atoms. The van der Waals surface area contributed by atoms with Crippen LogP contribution in [-0.2, 0) is 4.74 Å². The van der Waals surface area contributed by atoms with E-state index in [2.05, 4.69) is 20.3 Å². The number of pyridine rings is 1. The van der Waals surface area contributed by atoms with Gasteiger partial charge in [-0.25, -0.2) is 15.0 Å². The number of anilines is 2. The number of carbonyl (C=O) groups is 1. The van der Waals surface area contributed by atoms with Gasteiger partial charge in [0, 0.05) is 24.7 Å². The number of nitrogens with one attached hydrogen (secondary N) is 1. The van der Waals surface area contributed by atoms with Crippen LogP contribution in [0.25, 0.3) is 10.6 Å². The molecule has 2 aliphatic heterocycles. The number of thiazole rings is 2. The number of nitrogens with zero attached hydrogens (tertiary/aromatic N) is 4. The normalized spacial score (nSPS) is 20.8. The van der Waals surface area contributed by atoms with Crippen molar-refractivity contribution in [3.05, 3.63) is 40.0 Å². The summed E-state index contributed by atoms with van der Waals surface area (Å²) in [5.41, 5.74) is 2.53. The van der Waals surface area contributed by atoms with Crippen LogP contribution in [-0.4, -0.2) is 51.1 Å². The fraction of sp³-hybridized carbons (Fsp3) is 0.400. The molecular formula is C20H21N5O2S2. The average molecular weight is 428 g/mol. The van der Waals surface area contributed by atoms with Gasteiger partial charge in [-0.2, -0.15) is 0 Å². The Bertz CT molecular complexity index is 1030. The molecule has 2 saturated heterocycles. The van der Waals surface area contributed by atoms with Crippen LogP contribution in [0.15, 0.2) is 23.7 Å². The largest absolute Gasteiger partial charge is 0.371 e. The standard InChI is InChI=1S/C20H21N5O2S2/c1-11-18(29-12(2)22-11)16-10-28-20(23-16)24-17-6-3-13(7-21-17)19(26)25-8-14-4-5-15(9-25)27-14/h3,6-7,10,14-15H,4-5,8-9H2,1-2H3,(H,21,23,24)/t14-,15+. The third kappa shape index (κ3) is 3.77. The van der Waals surface area contributed by atoms with Crippen LogP contribution < -0.4 is 5.32 Å². The molecule has 0 radical (unpaired) electrons. The summed E-state index contributed by atoms with van der Waals surface area (Å²) in [5, 5.41) is 7.05.